The Morgan fingerprint density at radius 1 is 1.28 bits per heavy atom. The Labute approximate surface area is 153 Å². The highest BCUT2D eigenvalue weighted by Gasteiger charge is 2.22. The van der Waals surface area contributed by atoms with Gasteiger partial charge in [-0.25, -0.2) is 0 Å². The van der Waals surface area contributed by atoms with Crippen LogP contribution in [0.15, 0.2) is 36.4 Å². The predicted molar refractivity (Wildman–Crippen MR) is 105 cm³/mol. The van der Waals surface area contributed by atoms with Crippen molar-refractivity contribution in [2.75, 3.05) is 31.2 Å². The Morgan fingerprint density at radius 2 is 2.00 bits per heavy atom. The third-order valence-corrected chi connectivity index (χ3v) is 5.61. The van der Waals surface area contributed by atoms with Gasteiger partial charge in [-0.05, 0) is 25.0 Å². The third-order valence-electron chi connectivity index (χ3n) is 4.42. The highest BCUT2D eigenvalue weighted by molar-refractivity contribution is 7.18. The van der Waals surface area contributed by atoms with Crippen LogP contribution < -0.4 is 10.2 Å². The molecule has 0 saturated carbocycles. The number of ether oxygens (including phenoxy) is 1. The zero-order valence-electron chi connectivity index (χ0n) is 15.0. The van der Waals surface area contributed by atoms with E-state index in [0.29, 0.717) is 0 Å². The van der Waals surface area contributed by atoms with E-state index in [1.807, 2.05) is 24.3 Å². The molecular formula is C20H26N2O2S. The van der Waals surface area contributed by atoms with Crippen molar-refractivity contribution in [3.63, 3.8) is 0 Å². The third kappa shape index (κ3) is 4.41. The van der Waals surface area contributed by atoms with Crippen LogP contribution in [-0.2, 0) is 4.74 Å². The first-order valence-electron chi connectivity index (χ1n) is 9.02. The fraction of sp³-hybridized carbons (Fsp3) is 0.450. The van der Waals surface area contributed by atoms with Crippen LogP contribution in [0.4, 0.5) is 5.00 Å². The van der Waals surface area contributed by atoms with E-state index in [-0.39, 0.29) is 11.9 Å². The molecule has 1 aromatic carbocycles. The lowest BCUT2D eigenvalue weighted by Crippen LogP contribution is -2.36. The smallest absolute Gasteiger partial charge is 0.261 e. The molecule has 25 heavy (non-hydrogen) atoms. The maximum absolute atomic E-state index is 12.7. The summed E-state index contributed by atoms with van der Waals surface area (Å²) < 4.78 is 5.48. The minimum atomic E-state index is 0.0302. The molecule has 0 bridgehead atoms. The van der Waals surface area contributed by atoms with Crippen molar-refractivity contribution in [3.8, 4) is 11.1 Å². The summed E-state index contributed by atoms with van der Waals surface area (Å²) in [6.07, 6.45) is 2.07. The van der Waals surface area contributed by atoms with Gasteiger partial charge in [0.1, 0.15) is 0 Å². The van der Waals surface area contributed by atoms with Crippen LogP contribution in [0.3, 0.4) is 0 Å². The van der Waals surface area contributed by atoms with Gasteiger partial charge in [-0.15, -0.1) is 11.3 Å². The minimum Gasteiger partial charge on any atom is -0.378 e. The Kier molecular flexibility index (Phi) is 6.10. The number of benzene rings is 1. The molecule has 0 radical (unpaired) electrons. The Hall–Kier alpha value is -1.85. The van der Waals surface area contributed by atoms with E-state index in [4.69, 9.17) is 4.74 Å². The molecule has 3 rings (SSSR count). The van der Waals surface area contributed by atoms with Gasteiger partial charge in [-0.1, -0.05) is 43.7 Å². The minimum absolute atomic E-state index is 0.0302. The van der Waals surface area contributed by atoms with Gasteiger partial charge in [0.2, 0.25) is 0 Å². The van der Waals surface area contributed by atoms with Gasteiger partial charge in [-0.2, -0.15) is 0 Å². The number of carbonyl (C=O) groups excluding carboxylic acids is 1. The molecule has 1 N–H and O–H groups in total. The van der Waals surface area contributed by atoms with Crippen molar-refractivity contribution in [1.29, 1.82) is 0 Å². The number of nitrogens with zero attached hydrogens (tertiary/aromatic N) is 1. The number of rotatable bonds is 6. The predicted octanol–water partition coefficient (Wildman–Crippen LogP) is 4.17. The topological polar surface area (TPSA) is 41.6 Å². The molecule has 2 heterocycles. The van der Waals surface area contributed by atoms with Crippen molar-refractivity contribution < 1.29 is 9.53 Å². The van der Waals surface area contributed by atoms with Crippen LogP contribution in [0.5, 0.6) is 0 Å². The Morgan fingerprint density at radius 3 is 2.68 bits per heavy atom. The quantitative estimate of drug-likeness (QED) is 0.843. The van der Waals surface area contributed by atoms with E-state index in [2.05, 4.69) is 36.2 Å². The Bertz CT molecular complexity index is 693. The molecule has 134 valence electrons. The zero-order valence-corrected chi connectivity index (χ0v) is 15.8. The standard InChI is InChI=1S/C20H26N2O2S/c1-3-7-15(2)21-19(23)18-14-17(16-8-5-4-6-9-16)20(25-18)22-10-12-24-13-11-22/h4-6,8-9,14-15H,3,7,10-13H2,1-2H3,(H,21,23). The number of nitrogens with one attached hydrogen (secondary N) is 1. The monoisotopic (exact) mass is 358 g/mol. The van der Waals surface area contributed by atoms with Gasteiger partial charge < -0.3 is 15.0 Å². The molecule has 1 saturated heterocycles. The number of hydrogen-bond acceptors (Lipinski definition) is 4. The summed E-state index contributed by atoms with van der Waals surface area (Å²) in [5.41, 5.74) is 2.29. The van der Waals surface area contributed by atoms with E-state index in [0.717, 1.165) is 55.1 Å². The first-order chi connectivity index (χ1) is 12.2. The van der Waals surface area contributed by atoms with E-state index >= 15 is 0 Å². The van der Waals surface area contributed by atoms with E-state index in [1.165, 1.54) is 5.00 Å². The maximum Gasteiger partial charge on any atom is 0.261 e. The van der Waals surface area contributed by atoms with Gasteiger partial charge >= 0.3 is 0 Å². The summed E-state index contributed by atoms with van der Waals surface area (Å²) >= 11 is 1.59. The average molecular weight is 359 g/mol. The lowest BCUT2D eigenvalue weighted by Gasteiger charge is -2.28. The van der Waals surface area contributed by atoms with Crippen LogP contribution in [-0.4, -0.2) is 38.3 Å². The summed E-state index contributed by atoms with van der Waals surface area (Å²) in [6, 6.07) is 12.5. The number of thiophene rings is 1. The maximum atomic E-state index is 12.7. The molecule has 1 aliphatic rings. The summed E-state index contributed by atoms with van der Waals surface area (Å²) in [5, 5.41) is 4.29. The molecule has 1 amide bonds. The molecule has 0 aliphatic carbocycles. The molecule has 4 nitrogen and oxygen atoms in total. The number of amides is 1. The van der Waals surface area contributed by atoms with Crippen LogP contribution >= 0.6 is 11.3 Å². The molecule has 1 aliphatic heterocycles. The average Bonchev–Trinajstić information content (AvgIpc) is 3.09. The molecule has 1 fully saturated rings. The molecule has 1 aromatic heterocycles. The number of anilines is 1. The summed E-state index contributed by atoms with van der Waals surface area (Å²) in [5.74, 6) is 0.0302. The normalized spacial score (nSPS) is 15.8. The van der Waals surface area contributed by atoms with E-state index in [9.17, 15) is 4.79 Å². The lowest BCUT2D eigenvalue weighted by atomic mass is 10.1. The summed E-state index contributed by atoms with van der Waals surface area (Å²) in [4.78, 5) is 15.8. The number of carbonyl (C=O) groups is 1. The molecular weight excluding hydrogens is 332 g/mol. The first kappa shape index (κ1) is 18.0. The van der Waals surface area contributed by atoms with Crippen LogP contribution in [0.1, 0.15) is 36.4 Å². The van der Waals surface area contributed by atoms with Crippen LogP contribution in [0, 0.1) is 0 Å². The highest BCUT2D eigenvalue weighted by Crippen LogP contribution is 2.39. The lowest BCUT2D eigenvalue weighted by molar-refractivity contribution is 0.0942. The van der Waals surface area contributed by atoms with Crippen molar-refractivity contribution in [3.05, 3.63) is 41.3 Å². The largest absolute Gasteiger partial charge is 0.378 e. The molecule has 5 heteroatoms. The number of morpholine rings is 1. The summed E-state index contributed by atoms with van der Waals surface area (Å²) in [6.45, 7) is 7.41. The van der Waals surface area contributed by atoms with Crippen LogP contribution in [0.2, 0.25) is 0 Å². The fourth-order valence-corrected chi connectivity index (χ4v) is 4.25. The Balaban J connectivity index is 1.90. The van der Waals surface area contributed by atoms with Gasteiger partial charge in [0.15, 0.2) is 0 Å². The van der Waals surface area contributed by atoms with Crippen molar-refractivity contribution in [1.82, 2.24) is 5.32 Å². The SMILES string of the molecule is CCCC(C)NC(=O)c1cc(-c2ccccc2)c(N2CCOCC2)s1. The van der Waals surface area contributed by atoms with E-state index in [1.54, 1.807) is 11.3 Å². The molecule has 1 atom stereocenters. The van der Waals surface area contributed by atoms with Crippen molar-refractivity contribution >= 4 is 22.2 Å². The van der Waals surface area contributed by atoms with Gasteiger partial charge in [0, 0.05) is 24.7 Å². The number of hydrogen-bond donors (Lipinski definition) is 1. The van der Waals surface area contributed by atoms with Crippen LogP contribution in [0.25, 0.3) is 11.1 Å². The first-order valence-corrected chi connectivity index (χ1v) is 9.83. The van der Waals surface area contributed by atoms with Gasteiger partial charge in [-0.3, -0.25) is 4.79 Å². The molecule has 1 unspecified atom stereocenters. The molecule has 2 aromatic rings. The van der Waals surface area contributed by atoms with Gasteiger partial charge in [0.05, 0.1) is 23.1 Å². The second-order valence-electron chi connectivity index (χ2n) is 6.46. The molecule has 0 spiro atoms. The second kappa shape index (κ2) is 8.50. The highest BCUT2D eigenvalue weighted by atomic mass is 32.1. The zero-order chi connectivity index (χ0) is 17.6. The fourth-order valence-electron chi connectivity index (χ4n) is 3.12. The van der Waals surface area contributed by atoms with Crippen molar-refractivity contribution in [2.45, 2.75) is 32.7 Å². The summed E-state index contributed by atoms with van der Waals surface area (Å²) in [7, 11) is 0. The van der Waals surface area contributed by atoms with Crippen molar-refractivity contribution in [2.24, 2.45) is 0 Å². The van der Waals surface area contributed by atoms with Gasteiger partial charge in [0.25, 0.3) is 5.91 Å². The second-order valence-corrected chi connectivity index (χ2v) is 7.49. The van der Waals surface area contributed by atoms with E-state index < -0.39 is 0 Å².